The van der Waals surface area contributed by atoms with Crippen LogP contribution in [0.2, 0.25) is 0 Å². The van der Waals surface area contributed by atoms with Gasteiger partial charge in [-0.2, -0.15) is 0 Å². The monoisotopic (exact) mass is 407 g/mol. The quantitative estimate of drug-likeness (QED) is 0.657. The van der Waals surface area contributed by atoms with Crippen molar-refractivity contribution in [2.75, 3.05) is 20.2 Å². The minimum absolute atomic E-state index is 0.269. The second-order valence-corrected chi connectivity index (χ2v) is 7.40. The molecule has 0 radical (unpaired) electrons. The van der Waals surface area contributed by atoms with Crippen LogP contribution in [0.4, 0.5) is 4.79 Å². The van der Waals surface area contributed by atoms with Crippen molar-refractivity contribution < 1.29 is 14.3 Å². The molecule has 158 valence electrons. The highest BCUT2D eigenvalue weighted by Gasteiger charge is 2.34. The van der Waals surface area contributed by atoms with Crippen molar-refractivity contribution >= 4 is 12.0 Å². The van der Waals surface area contributed by atoms with E-state index < -0.39 is 12.0 Å². The van der Waals surface area contributed by atoms with Gasteiger partial charge in [-0.05, 0) is 37.1 Å². The number of nitrogens with zero attached hydrogens (tertiary/aromatic N) is 1. The molecule has 2 N–H and O–H groups in total. The number of amides is 2. The Morgan fingerprint density at radius 2 is 1.70 bits per heavy atom. The van der Waals surface area contributed by atoms with Crippen LogP contribution >= 0.6 is 0 Å². The lowest BCUT2D eigenvalue weighted by atomic mass is 9.94. The summed E-state index contributed by atoms with van der Waals surface area (Å²) in [6, 6.07) is 17.2. The average molecular weight is 408 g/mol. The van der Waals surface area contributed by atoms with Gasteiger partial charge in [0.25, 0.3) is 0 Å². The average Bonchev–Trinajstić information content (AvgIpc) is 2.74. The predicted molar refractivity (Wildman–Crippen MR) is 117 cm³/mol. The van der Waals surface area contributed by atoms with E-state index in [4.69, 9.17) is 4.74 Å². The summed E-state index contributed by atoms with van der Waals surface area (Å²) in [6.07, 6.45) is 0.926. The molecule has 1 aliphatic heterocycles. The largest absolute Gasteiger partial charge is 0.463 e. The molecular weight excluding hydrogens is 378 g/mol. The van der Waals surface area contributed by atoms with E-state index >= 15 is 0 Å². The Hall–Kier alpha value is -3.12. The summed E-state index contributed by atoms with van der Waals surface area (Å²) >= 11 is 0. The van der Waals surface area contributed by atoms with Crippen molar-refractivity contribution in [3.05, 3.63) is 82.6 Å². The number of aryl methyl sites for hydroxylation is 1. The standard InChI is InChI=1S/C24H29N3O3/c1-4-17-11-13-19(14-12-17)22-21(23(28)30-5-2)20(25-24(29)26-22)16-27(3)15-18-9-7-6-8-10-18/h6-14,22H,4-5,15-16H2,1-3H3,(H2,25,26,29)/t22-/m1/s1. The summed E-state index contributed by atoms with van der Waals surface area (Å²) in [4.78, 5) is 27.4. The zero-order chi connectivity index (χ0) is 21.5. The number of nitrogens with one attached hydrogen (secondary N) is 2. The first-order valence-corrected chi connectivity index (χ1v) is 10.3. The molecule has 0 bridgehead atoms. The van der Waals surface area contributed by atoms with Crippen molar-refractivity contribution in [3.63, 3.8) is 0 Å². The van der Waals surface area contributed by atoms with Crippen molar-refractivity contribution in [1.29, 1.82) is 0 Å². The molecule has 3 rings (SSSR count). The lowest BCUT2D eigenvalue weighted by molar-refractivity contribution is -0.139. The number of rotatable bonds is 8. The summed E-state index contributed by atoms with van der Waals surface area (Å²) in [5.74, 6) is -0.419. The van der Waals surface area contributed by atoms with Crippen LogP contribution in [0.3, 0.4) is 0 Å². The minimum atomic E-state index is -0.552. The van der Waals surface area contributed by atoms with Gasteiger partial charge in [0.05, 0.1) is 18.2 Å². The van der Waals surface area contributed by atoms with Crippen molar-refractivity contribution in [2.45, 2.75) is 32.9 Å². The molecule has 0 unspecified atom stereocenters. The Morgan fingerprint density at radius 3 is 2.33 bits per heavy atom. The van der Waals surface area contributed by atoms with Gasteiger partial charge in [-0.1, -0.05) is 61.5 Å². The smallest absolute Gasteiger partial charge is 0.338 e. The zero-order valence-electron chi connectivity index (χ0n) is 17.8. The predicted octanol–water partition coefficient (Wildman–Crippen LogP) is 3.55. The van der Waals surface area contributed by atoms with E-state index in [1.165, 1.54) is 5.56 Å². The van der Waals surface area contributed by atoms with Crippen LogP contribution in [0, 0.1) is 0 Å². The normalized spacial score (nSPS) is 16.3. The Bertz CT molecular complexity index is 907. The fourth-order valence-corrected chi connectivity index (χ4v) is 3.61. The van der Waals surface area contributed by atoms with Crippen LogP contribution in [-0.4, -0.2) is 37.1 Å². The Morgan fingerprint density at radius 1 is 1.00 bits per heavy atom. The highest BCUT2D eigenvalue weighted by Crippen LogP contribution is 2.28. The molecule has 6 heteroatoms. The molecule has 0 saturated carbocycles. The van der Waals surface area contributed by atoms with Crippen molar-refractivity contribution in [3.8, 4) is 0 Å². The van der Waals surface area contributed by atoms with Gasteiger partial charge in [-0.15, -0.1) is 0 Å². The van der Waals surface area contributed by atoms with Crippen LogP contribution in [0.25, 0.3) is 0 Å². The number of carbonyl (C=O) groups excluding carboxylic acids is 2. The molecular formula is C24H29N3O3. The number of urea groups is 1. The van der Waals surface area contributed by atoms with Gasteiger partial charge in [0, 0.05) is 18.8 Å². The van der Waals surface area contributed by atoms with Crippen molar-refractivity contribution in [2.24, 2.45) is 0 Å². The molecule has 1 aliphatic rings. The van der Waals surface area contributed by atoms with E-state index in [-0.39, 0.29) is 12.6 Å². The summed E-state index contributed by atoms with van der Waals surface area (Å²) in [5, 5.41) is 5.72. The number of likely N-dealkylation sites (N-methyl/N-ethyl adjacent to an activating group) is 1. The highest BCUT2D eigenvalue weighted by molar-refractivity contribution is 5.95. The fraction of sp³-hybridized carbons (Fsp3) is 0.333. The second kappa shape index (κ2) is 10.1. The van der Waals surface area contributed by atoms with Gasteiger partial charge >= 0.3 is 12.0 Å². The number of hydrogen-bond donors (Lipinski definition) is 2. The Kier molecular flexibility index (Phi) is 7.25. The van der Waals surface area contributed by atoms with E-state index in [1.54, 1.807) is 6.92 Å². The van der Waals surface area contributed by atoms with E-state index in [0.717, 1.165) is 17.5 Å². The third-order valence-electron chi connectivity index (χ3n) is 5.09. The van der Waals surface area contributed by atoms with Crippen LogP contribution in [0.1, 0.15) is 36.6 Å². The maximum absolute atomic E-state index is 12.9. The second-order valence-electron chi connectivity index (χ2n) is 7.40. The topological polar surface area (TPSA) is 70.7 Å². The first kappa shape index (κ1) is 21.6. The van der Waals surface area contributed by atoms with Gasteiger partial charge in [-0.3, -0.25) is 4.90 Å². The molecule has 30 heavy (non-hydrogen) atoms. The van der Waals surface area contributed by atoms with E-state index in [2.05, 4.69) is 34.6 Å². The summed E-state index contributed by atoms with van der Waals surface area (Å²) in [5.41, 5.74) is 4.22. The van der Waals surface area contributed by atoms with Crippen LogP contribution < -0.4 is 10.6 Å². The molecule has 0 aromatic heterocycles. The minimum Gasteiger partial charge on any atom is -0.463 e. The SMILES string of the molecule is CCOC(=O)C1=C(CN(C)Cc2ccccc2)NC(=O)N[C@@H]1c1ccc(CC)cc1. The van der Waals surface area contributed by atoms with Crippen LogP contribution in [-0.2, 0) is 22.5 Å². The number of hydrogen-bond acceptors (Lipinski definition) is 4. The lowest BCUT2D eigenvalue weighted by Crippen LogP contribution is -2.48. The summed E-state index contributed by atoms with van der Waals surface area (Å²) in [7, 11) is 1.96. The summed E-state index contributed by atoms with van der Waals surface area (Å²) in [6.45, 7) is 5.25. The molecule has 0 fully saturated rings. The number of ether oxygens (including phenoxy) is 1. The number of benzene rings is 2. The number of carbonyl (C=O) groups is 2. The lowest BCUT2D eigenvalue weighted by Gasteiger charge is -2.31. The van der Waals surface area contributed by atoms with Crippen LogP contribution in [0.5, 0.6) is 0 Å². The van der Waals surface area contributed by atoms with Gasteiger partial charge in [0.2, 0.25) is 0 Å². The highest BCUT2D eigenvalue weighted by atomic mass is 16.5. The first-order valence-electron chi connectivity index (χ1n) is 10.3. The molecule has 1 atom stereocenters. The molecule has 0 aliphatic carbocycles. The Balaban J connectivity index is 1.92. The fourth-order valence-electron chi connectivity index (χ4n) is 3.61. The molecule has 2 amide bonds. The Labute approximate surface area is 177 Å². The van der Waals surface area contributed by atoms with Crippen LogP contribution in [0.15, 0.2) is 65.9 Å². The van der Waals surface area contributed by atoms with Gasteiger partial charge in [0.15, 0.2) is 0 Å². The van der Waals surface area contributed by atoms with E-state index in [0.29, 0.717) is 24.4 Å². The maximum atomic E-state index is 12.9. The third-order valence-corrected chi connectivity index (χ3v) is 5.09. The zero-order valence-corrected chi connectivity index (χ0v) is 17.8. The summed E-state index contributed by atoms with van der Waals surface area (Å²) < 4.78 is 5.34. The molecule has 0 saturated heterocycles. The van der Waals surface area contributed by atoms with E-state index in [9.17, 15) is 9.59 Å². The molecule has 2 aromatic rings. The van der Waals surface area contributed by atoms with Crippen molar-refractivity contribution in [1.82, 2.24) is 15.5 Å². The third kappa shape index (κ3) is 5.27. The van der Waals surface area contributed by atoms with Gasteiger partial charge in [0.1, 0.15) is 0 Å². The van der Waals surface area contributed by atoms with E-state index in [1.807, 2.05) is 49.5 Å². The number of esters is 1. The molecule has 0 spiro atoms. The molecule has 2 aromatic carbocycles. The maximum Gasteiger partial charge on any atom is 0.338 e. The first-order chi connectivity index (χ1) is 14.5. The molecule has 1 heterocycles. The molecule has 6 nitrogen and oxygen atoms in total. The van der Waals surface area contributed by atoms with Gasteiger partial charge < -0.3 is 15.4 Å². The van der Waals surface area contributed by atoms with Gasteiger partial charge in [-0.25, -0.2) is 9.59 Å².